The Morgan fingerprint density at radius 1 is 1.43 bits per heavy atom. The van der Waals surface area contributed by atoms with Crippen molar-refractivity contribution in [2.75, 3.05) is 5.75 Å². The summed E-state index contributed by atoms with van der Waals surface area (Å²) in [5.74, 6) is -2.37. The van der Waals surface area contributed by atoms with Gasteiger partial charge in [-0.2, -0.15) is 0 Å². The number of hydrogen-bond donors (Lipinski definition) is 1. The number of benzene rings is 1. The zero-order valence-electron chi connectivity index (χ0n) is 11.4. The van der Waals surface area contributed by atoms with Crippen LogP contribution >= 0.6 is 11.8 Å². The van der Waals surface area contributed by atoms with E-state index in [1.165, 1.54) is 6.92 Å². The van der Waals surface area contributed by atoms with E-state index < -0.39 is 23.7 Å². The van der Waals surface area contributed by atoms with Crippen LogP contribution < -0.4 is 5.32 Å². The summed E-state index contributed by atoms with van der Waals surface area (Å²) in [5.41, 5.74) is 0. The maximum Gasteiger partial charge on any atom is 0.317 e. The lowest BCUT2D eigenvalue weighted by Gasteiger charge is -2.13. The zero-order chi connectivity index (χ0) is 15.4. The molecule has 2 rings (SSSR count). The molecule has 1 atom stereocenters. The molecular weight excluding hydrogens is 300 g/mol. The number of hydrogen-bond acceptors (Lipinski definition) is 4. The molecule has 1 N–H and O–H groups in total. The quantitative estimate of drug-likeness (QED) is 0.646. The van der Waals surface area contributed by atoms with Gasteiger partial charge in [0.2, 0.25) is 0 Å². The van der Waals surface area contributed by atoms with Crippen LogP contribution in [0, 0.1) is 11.6 Å². The standard InChI is InChI=1S/C14H15F2NO3S/c1-8(14(19)17-10-3-4-10)20-13(18)7-21-12-6-9(15)2-5-11(12)16/h2,5-6,8,10H,3-4,7H2,1H3,(H,17,19)/t8-/m1/s1. The van der Waals surface area contributed by atoms with Crippen LogP contribution in [0.25, 0.3) is 0 Å². The second kappa shape index (κ2) is 6.89. The van der Waals surface area contributed by atoms with Crippen molar-refractivity contribution in [3.63, 3.8) is 0 Å². The molecule has 0 heterocycles. The number of nitrogens with one attached hydrogen (secondary N) is 1. The topological polar surface area (TPSA) is 55.4 Å². The van der Waals surface area contributed by atoms with Crippen LogP contribution in [0.1, 0.15) is 19.8 Å². The Balaban J connectivity index is 1.78. The summed E-state index contributed by atoms with van der Waals surface area (Å²) in [7, 11) is 0. The van der Waals surface area contributed by atoms with Crippen LogP contribution in [0.5, 0.6) is 0 Å². The van der Waals surface area contributed by atoms with Crippen molar-refractivity contribution >= 4 is 23.6 Å². The number of thioether (sulfide) groups is 1. The van der Waals surface area contributed by atoms with Crippen LogP contribution in [0.15, 0.2) is 23.1 Å². The van der Waals surface area contributed by atoms with E-state index >= 15 is 0 Å². The number of rotatable bonds is 6. The minimum absolute atomic E-state index is 0.0297. The fourth-order valence-corrected chi connectivity index (χ4v) is 2.30. The van der Waals surface area contributed by atoms with Crippen LogP contribution in [0.3, 0.4) is 0 Å². The number of ether oxygens (including phenoxy) is 1. The summed E-state index contributed by atoms with van der Waals surface area (Å²) in [6, 6.07) is 3.20. The highest BCUT2D eigenvalue weighted by molar-refractivity contribution is 8.00. The van der Waals surface area contributed by atoms with E-state index in [9.17, 15) is 18.4 Å². The Labute approximate surface area is 125 Å². The van der Waals surface area contributed by atoms with Crippen molar-refractivity contribution in [1.29, 1.82) is 0 Å². The summed E-state index contributed by atoms with van der Waals surface area (Å²) >= 11 is 0.828. The molecule has 0 bridgehead atoms. The van der Waals surface area contributed by atoms with Gasteiger partial charge in [0, 0.05) is 10.9 Å². The fraction of sp³-hybridized carbons (Fsp3) is 0.429. The first-order valence-electron chi connectivity index (χ1n) is 6.53. The highest BCUT2D eigenvalue weighted by atomic mass is 32.2. The molecule has 1 aromatic rings. The van der Waals surface area contributed by atoms with Crippen molar-refractivity contribution in [1.82, 2.24) is 5.32 Å². The minimum atomic E-state index is -0.893. The average Bonchev–Trinajstić information content (AvgIpc) is 3.23. The number of carbonyl (C=O) groups is 2. The molecule has 0 aliphatic heterocycles. The Morgan fingerprint density at radius 2 is 2.14 bits per heavy atom. The first-order valence-corrected chi connectivity index (χ1v) is 7.52. The minimum Gasteiger partial charge on any atom is -0.452 e. The normalized spacial score (nSPS) is 15.4. The number of esters is 1. The molecule has 0 saturated heterocycles. The van der Waals surface area contributed by atoms with Crippen molar-refractivity contribution in [2.45, 2.75) is 36.8 Å². The number of halogens is 2. The second-order valence-electron chi connectivity index (χ2n) is 4.78. The van der Waals surface area contributed by atoms with Crippen LogP contribution in [0.2, 0.25) is 0 Å². The summed E-state index contributed by atoms with van der Waals surface area (Å²) in [5, 5.41) is 2.72. The molecular formula is C14H15F2NO3S. The lowest BCUT2D eigenvalue weighted by Crippen LogP contribution is -2.37. The SMILES string of the molecule is C[C@@H](OC(=O)CSc1cc(F)ccc1F)C(=O)NC1CC1. The summed E-state index contributed by atoms with van der Waals surface area (Å²) in [4.78, 5) is 23.2. The van der Waals surface area contributed by atoms with E-state index in [2.05, 4.69) is 5.32 Å². The maximum absolute atomic E-state index is 13.4. The van der Waals surface area contributed by atoms with E-state index in [4.69, 9.17) is 4.74 Å². The third-order valence-electron chi connectivity index (χ3n) is 2.84. The Hall–Kier alpha value is -1.63. The summed E-state index contributed by atoms with van der Waals surface area (Å²) in [6.45, 7) is 1.48. The smallest absolute Gasteiger partial charge is 0.317 e. The third-order valence-corrected chi connectivity index (χ3v) is 3.84. The Morgan fingerprint density at radius 3 is 2.81 bits per heavy atom. The molecule has 1 aliphatic rings. The van der Waals surface area contributed by atoms with Crippen molar-refractivity contribution in [3.05, 3.63) is 29.8 Å². The first kappa shape index (κ1) is 15.8. The van der Waals surface area contributed by atoms with E-state index in [1.807, 2.05) is 0 Å². The van der Waals surface area contributed by atoms with Gasteiger partial charge in [-0.1, -0.05) is 0 Å². The predicted molar refractivity (Wildman–Crippen MR) is 73.8 cm³/mol. The van der Waals surface area contributed by atoms with Gasteiger partial charge < -0.3 is 10.1 Å². The van der Waals surface area contributed by atoms with E-state index in [1.54, 1.807) is 0 Å². The van der Waals surface area contributed by atoms with Gasteiger partial charge in [-0.05, 0) is 38.0 Å². The maximum atomic E-state index is 13.4. The predicted octanol–water partition coefficient (Wildman–Crippen LogP) is 2.27. The zero-order valence-corrected chi connectivity index (χ0v) is 12.2. The van der Waals surface area contributed by atoms with Crippen LogP contribution in [0.4, 0.5) is 8.78 Å². The Kier molecular flexibility index (Phi) is 5.17. The summed E-state index contributed by atoms with van der Waals surface area (Å²) < 4.78 is 31.3. The molecule has 0 aromatic heterocycles. The first-order chi connectivity index (χ1) is 9.95. The van der Waals surface area contributed by atoms with Crippen molar-refractivity contribution in [3.8, 4) is 0 Å². The largest absolute Gasteiger partial charge is 0.452 e. The van der Waals surface area contributed by atoms with E-state index in [0.29, 0.717) is 0 Å². The van der Waals surface area contributed by atoms with E-state index in [-0.39, 0.29) is 22.6 Å². The molecule has 114 valence electrons. The highest BCUT2D eigenvalue weighted by Gasteiger charge is 2.27. The molecule has 0 radical (unpaired) electrons. The molecule has 1 saturated carbocycles. The molecule has 1 amide bonds. The van der Waals surface area contributed by atoms with Crippen LogP contribution in [-0.2, 0) is 14.3 Å². The Bertz CT molecular complexity index is 549. The highest BCUT2D eigenvalue weighted by Crippen LogP contribution is 2.23. The van der Waals surface area contributed by atoms with Gasteiger partial charge in [0.15, 0.2) is 6.10 Å². The molecule has 1 fully saturated rings. The molecule has 7 heteroatoms. The number of carbonyl (C=O) groups excluding carboxylic acids is 2. The van der Waals surface area contributed by atoms with Gasteiger partial charge in [0.05, 0.1) is 5.75 Å². The van der Waals surface area contributed by atoms with Crippen LogP contribution in [-0.4, -0.2) is 29.8 Å². The molecule has 21 heavy (non-hydrogen) atoms. The van der Waals surface area contributed by atoms with Gasteiger partial charge >= 0.3 is 5.97 Å². The molecule has 1 aliphatic carbocycles. The van der Waals surface area contributed by atoms with Gasteiger partial charge in [-0.3, -0.25) is 9.59 Å². The van der Waals surface area contributed by atoms with E-state index in [0.717, 1.165) is 42.8 Å². The van der Waals surface area contributed by atoms with Gasteiger partial charge in [0.1, 0.15) is 11.6 Å². The average molecular weight is 315 g/mol. The molecule has 0 spiro atoms. The number of amides is 1. The van der Waals surface area contributed by atoms with Gasteiger partial charge in [-0.15, -0.1) is 11.8 Å². The molecule has 0 unspecified atom stereocenters. The van der Waals surface area contributed by atoms with Gasteiger partial charge in [-0.25, -0.2) is 8.78 Å². The monoisotopic (exact) mass is 315 g/mol. The lowest BCUT2D eigenvalue weighted by atomic mass is 10.3. The second-order valence-corrected chi connectivity index (χ2v) is 5.80. The molecule has 4 nitrogen and oxygen atoms in total. The lowest BCUT2D eigenvalue weighted by molar-refractivity contribution is -0.152. The molecule has 1 aromatic carbocycles. The summed E-state index contributed by atoms with van der Waals surface area (Å²) in [6.07, 6.45) is 0.999. The van der Waals surface area contributed by atoms with Crippen molar-refractivity contribution in [2.24, 2.45) is 0 Å². The van der Waals surface area contributed by atoms with Crippen molar-refractivity contribution < 1.29 is 23.1 Å². The third kappa shape index (κ3) is 5.00. The van der Waals surface area contributed by atoms with Gasteiger partial charge in [0.25, 0.3) is 5.91 Å². The fourth-order valence-electron chi connectivity index (χ4n) is 1.56.